The van der Waals surface area contributed by atoms with Crippen LogP contribution in [0.4, 0.5) is 13.2 Å². The molecule has 0 saturated heterocycles. The summed E-state index contributed by atoms with van der Waals surface area (Å²) in [7, 11) is 1.53. The number of methoxy groups -OCH3 is 1. The maximum atomic E-state index is 12.8. The molecule has 0 spiro atoms. The highest BCUT2D eigenvalue weighted by Crippen LogP contribution is 2.32. The summed E-state index contributed by atoms with van der Waals surface area (Å²) in [6, 6.07) is 7.59. The monoisotopic (exact) mass is 397 g/mol. The Hall–Kier alpha value is -2.75. The SMILES string of the molecule is COc1ccccc1-c1nc(CSc2nc(C(F)(F)F)cc(=O)[nH]2)c(C)o1. The van der Waals surface area contributed by atoms with E-state index in [4.69, 9.17) is 9.15 Å². The summed E-state index contributed by atoms with van der Waals surface area (Å²) < 4.78 is 49.3. The third-order valence-electron chi connectivity index (χ3n) is 3.59. The summed E-state index contributed by atoms with van der Waals surface area (Å²) in [5, 5.41) is -0.143. The molecule has 0 aliphatic carbocycles. The highest BCUT2D eigenvalue weighted by atomic mass is 32.2. The van der Waals surface area contributed by atoms with Crippen molar-refractivity contribution in [3.8, 4) is 17.2 Å². The fraction of sp³-hybridized carbons (Fsp3) is 0.235. The first kappa shape index (κ1) is 19.0. The molecule has 27 heavy (non-hydrogen) atoms. The van der Waals surface area contributed by atoms with Gasteiger partial charge in [0.1, 0.15) is 11.5 Å². The average Bonchev–Trinajstić information content (AvgIpc) is 2.99. The Morgan fingerprint density at radius 2 is 2.00 bits per heavy atom. The van der Waals surface area contributed by atoms with Crippen LogP contribution in [0, 0.1) is 6.92 Å². The molecule has 2 heterocycles. The van der Waals surface area contributed by atoms with E-state index in [2.05, 4.69) is 15.0 Å². The van der Waals surface area contributed by atoms with E-state index >= 15 is 0 Å². The standard InChI is InChI=1S/C17H14F3N3O3S/c1-9-11(21-15(26-9)10-5-3-4-6-12(10)25-2)8-27-16-22-13(17(18,19)20)7-14(24)23-16/h3-7H,8H2,1-2H3,(H,22,23,24). The van der Waals surface area contributed by atoms with Crippen LogP contribution in [-0.4, -0.2) is 22.1 Å². The lowest BCUT2D eigenvalue weighted by atomic mass is 10.2. The fourth-order valence-corrected chi connectivity index (χ4v) is 3.16. The van der Waals surface area contributed by atoms with Crippen molar-refractivity contribution < 1.29 is 22.3 Å². The zero-order valence-corrected chi connectivity index (χ0v) is 15.1. The maximum Gasteiger partial charge on any atom is 0.433 e. The third-order valence-corrected chi connectivity index (χ3v) is 4.47. The molecule has 0 aliphatic heterocycles. The zero-order chi connectivity index (χ0) is 19.6. The van der Waals surface area contributed by atoms with Crippen LogP contribution >= 0.6 is 11.8 Å². The molecule has 10 heteroatoms. The molecule has 0 amide bonds. The highest BCUT2D eigenvalue weighted by molar-refractivity contribution is 7.98. The zero-order valence-electron chi connectivity index (χ0n) is 14.3. The van der Waals surface area contributed by atoms with Gasteiger partial charge in [0.2, 0.25) is 5.89 Å². The van der Waals surface area contributed by atoms with Crippen molar-refractivity contribution in [2.24, 2.45) is 0 Å². The van der Waals surface area contributed by atoms with Gasteiger partial charge >= 0.3 is 6.18 Å². The number of aromatic nitrogens is 3. The normalized spacial score (nSPS) is 11.6. The molecule has 0 radical (unpaired) electrons. The van der Waals surface area contributed by atoms with Crippen molar-refractivity contribution in [1.82, 2.24) is 15.0 Å². The summed E-state index contributed by atoms with van der Waals surface area (Å²) in [6.45, 7) is 1.70. The molecule has 2 aromatic heterocycles. The van der Waals surface area contributed by atoms with E-state index < -0.39 is 17.4 Å². The molecule has 0 bridgehead atoms. The Kier molecular flexibility index (Phi) is 5.26. The minimum atomic E-state index is -4.69. The van der Waals surface area contributed by atoms with E-state index in [1.807, 2.05) is 12.1 Å². The lowest BCUT2D eigenvalue weighted by molar-refractivity contribution is -0.141. The molecule has 1 aromatic carbocycles. The van der Waals surface area contributed by atoms with Crippen molar-refractivity contribution in [2.45, 2.75) is 24.0 Å². The van der Waals surface area contributed by atoms with Crippen molar-refractivity contribution in [1.29, 1.82) is 0 Å². The Balaban J connectivity index is 1.83. The second-order valence-electron chi connectivity index (χ2n) is 5.44. The van der Waals surface area contributed by atoms with Gasteiger partial charge in [-0.15, -0.1) is 0 Å². The van der Waals surface area contributed by atoms with Crippen LogP contribution in [0.15, 0.2) is 44.7 Å². The van der Waals surface area contributed by atoms with Gasteiger partial charge in [0.05, 0.1) is 18.4 Å². The molecule has 142 valence electrons. The number of rotatable bonds is 5. The predicted octanol–water partition coefficient (Wildman–Crippen LogP) is 4.05. The first-order valence-electron chi connectivity index (χ1n) is 7.69. The quantitative estimate of drug-likeness (QED) is 0.517. The van der Waals surface area contributed by atoms with E-state index in [-0.39, 0.29) is 10.9 Å². The number of aromatic amines is 1. The molecule has 0 fully saturated rings. The second-order valence-corrected chi connectivity index (χ2v) is 6.41. The molecular formula is C17H14F3N3O3S. The summed E-state index contributed by atoms with van der Waals surface area (Å²) >= 11 is 0.930. The third kappa shape index (κ3) is 4.33. The van der Waals surface area contributed by atoms with E-state index in [0.717, 1.165) is 11.8 Å². The number of benzene rings is 1. The van der Waals surface area contributed by atoms with Crippen LogP contribution in [0.1, 0.15) is 17.1 Å². The summed E-state index contributed by atoms with van der Waals surface area (Å²) in [5.41, 5.74) is -0.919. The lowest BCUT2D eigenvalue weighted by Crippen LogP contribution is -2.16. The van der Waals surface area contributed by atoms with Crippen LogP contribution in [-0.2, 0) is 11.9 Å². The number of alkyl halides is 3. The number of nitrogens with one attached hydrogen (secondary N) is 1. The van der Waals surface area contributed by atoms with Gasteiger partial charge in [-0.05, 0) is 19.1 Å². The largest absolute Gasteiger partial charge is 0.496 e. The summed E-state index contributed by atoms with van der Waals surface area (Å²) in [5.74, 6) is 1.61. The van der Waals surface area contributed by atoms with E-state index in [1.54, 1.807) is 19.1 Å². The van der Waals surface area contributed by atoms with Crippen LogP contribution in [0.25, 0.3) is 11.5 Å². The number of oxazole rings is 1. The van der Waals surface area contributed by atoms with Gasteiger partial charge < -0.3 is 14.1 Å². The molecule has 0 saturated carbocycles. The molecule has 3 rings (SSSR count). The lowest BCUT2D eigenvalue weighted by Gasteiger charge is -2.06. The molecule has 1 N–H and O–H groups in total. The Morgan fingerprint density at radius 3 is 2.70 bits per heavy atom. The molecular weight excluding hydrogens is 383 g/mol. The van der Waals surface area contributed by atoms with Gasteiger partial charge in [0.25, 0.3) is 5.56 Å². The Bertz CT molecular complexity index is 1010. The van der Waals surface area contributed by atoms with E-state index in [1.165, 1.54) is 7.11 Å². The van der Waals surface area contributed by atoms with Crippen molar-refractivity contribution in [3.05, 3.63) is 57.8 Å². The van der Waals surface area contributed by atoms with Gasteiger partial charge in [0.15, 0.2) is 10.9 Å². The Labute approximate surface area is 155 Å². The van der Waals surface area contributed by atoms with Gasteiger partial charge in [-0.1, -0.05) is 23.9 Å². The van der Waals surface area contributed by atoms with Crippen molar-refractivity contribution in [2.75, 3.05) is 7.11 Å². The van der Waals surface area contributed by atoms with Crippen LogP contribution < -0.4 is 10.3 Å². The van der Waals surface area contributed by atoms with E-state index in [0.29, 0.717) is 34.7 Å². The first-order chi connectivity index (χ1) is 12.8. The van der Waals surface area contributed by atoms with Crippen LogP contribution in [0.5, 0.6) is 5.75 Å². The number of halogens is 3. The van der Waals surface area contributed by atoms with Gasteiger partial charge in [-0.25, -0.2) is 9.97 Å². The predicted molar refractivity (Wildman–Crippen MR) is 92.6 cm³/mol. The number of hydrogen-bond acceptors (Lipinski definition) is 6. The topological polar surface area (TPSA) is 81.0 Å². The van der Waals surface area contributed by atoms with Gasteiger partial charge in [0, 0.05) is 11.8 Å². The summed E-state index contributed by atoms with van der Waals surface area (Å²) in [6.07, 6.45) is -4.69. The number of para-hydroxylation sites is 1. The number of thioether (sulfide) groups is 1. The molecule has 0 atom stereocenters. The van der Waals surface area contributed by atoms with Crippen molar-refractivity contribution in [3.63, 3.8) is 0 Å². The minimum Gasteiger partial charge on any atom is -0.496 e. The second kappa shape index (κ2) is 7.47. The maximum absolute atomic E-state index is 12.8. The molecule has 3 aromatic rings. The van der Waals surface area contributed by atoms with Crippen molar-refractivity contribution >= 4 is 11.8 Å². The molecule has 0 aliphatic rings. The van der Waals surface area contributed by atoms with E-state index in [9.17, 15) is 18.0 Å². The average molecular weight is 397 g/mol. The minimum absolute atomic E-state index is 0.143. The number of ether oxygens (including phenoxy) is 1. The van der Waals surface area contributed by atoms with Crippen LogP contribution in [0.2, 0.25) is 0 Å². The highest BCUT2D eigenvalue weighted by Gasteiger charge is 2.33. The molecule has 6 nitrogen and oxygen atoms in total. The number of H-pyrrole nitrogens is 1. The number of nitrogens with zero attached hydrogens (tertiary/aromatic N) is 2. The first-order valence-corrected chi connectivity index (χ1v) is 8.67. The molecule has 0 unspecified atom stereocenters. The van der Waals surface area contributed by atoms with Crippen LogP contribution in [0.3, 0.4) is 0 Å². The smallest absolute Gasteiger partial charge is 0.433 e. The van der Waals surface area contributed by atoms with Gasteiger partial charge in [-0.3, -0.25) is 4.79 Å². The number of aryl methyl sites for hydroxylation is 1. The number of hydrogen-bond donors (Lipinski definition) is 1. The fourth-order valence-electron chi connectivity index (χ4n) is 2.28. The van der Waals surface area contributed by atoms with Gasteiger partial charge in [-0.2, -0.15) is 13.2 Å². The Morgan fingerprint density at radius 1 is 1.26 bits per heavy atom. The summed E-state index contributed by atoms with van der Waals surface area (Å²) in [4.78, 5) is 21.6.